The fourth-order valence-corrected chi connectivity index (χ4v) is 2.34. The van der Waals surface area contributed by atoms with Gasteiger partial charge in [-0.15, -0.1) is 0 Å². The number of rotatable bonds is 2. The number of nitrogen functional groups attached to an aromatic ring is 1. The van der Waals surface area contributed by atoms with Crippen molar-refractivity contribution in [3.63, 3.8) is 0 Å². The molecule has 2 rings (SSSR count). The molecule has 0 unspecified atom stereocenters. The number of halogens is 1. The fraction of sp³-hybridized carbons (Fsp3) is 0.583. The number of hydrogen-bond donors (Lipinski definition) is 2. The van der Waals surface area contributed by atoms with E-state index in [1.165, 1.54) is 25.7 Å². The SMILES string of the molecule is CC1CCC(Nc2ncc(Cl)cc2N)CC1. The maximum Gasteiger partial charge on any atom is 0.149 e. The van der Waals surface area contributed by atoms with Gasteiger partial charge in [0.1, 0.15) is 5.82 Å². The number of hydrogen-bond acceptors (Lipinski definition) is 3. The van der Waals surface area contributed by atoms with Crippen molar-refractivity contribution in [3.05, 3.63) is 17.3 Å². The Bertz CT molecular complexity index is 359. The lowest BCUT2D eigenvalue weighted by molar-refractivity contribution is 0.361. The number of nitrogens with two attached hydrogens (primary N) is 1. The molecule has 0 aliphatic heterocycles. The van der Waals surface area contributed by atoms with Crippen LogP contribution in [0.5, 0.6) is 0 Å². The first-order chi connectivity index (χ1) is 7.65. The molecule has 3 nitrogen and oxygen atoms in total. The summed E-state index contributed by atoms with van der Waals surface area (Å²) in [6, 6.07) is 2.25. The van der Waals surface area contributed by atoms with Gasteiger partial charge >= 0.3 is 0 Å². The standard InChI is InChI=1S/C12H18ClN3/c1-8-2-4-10(5-3-8)16-12-11(14)6-9(13)7-15-12/h6-8,10H,2-5,14H2,1H3,(H,15,16). The first-order valence-corrected chi connectivity index (χ1v) is 6.20. The van der Waals surface area contributed by atoms with Gasteiger partial charge in [-0.3, -0.25) is 0 Å². The van der Waals surface area contributed by atoms with Crippen LogP contribution in [0.4, 0.5) is 11.5 Å². The predicted molar refractivity (Wildman–Crippen MR) is 68.7 cm³/mol. The topological polar surface area (TPSA) is 50.9 Å². The number of pyridine rings is 1. The zero-order valence-corrected chi connectivity index (χ0v) is 10.3. The molecule has 3 N–H and O–H groups in total. The molecule has 4 heteroatoms. The molecule has 0 amide bonds. The summed E-state index contributed by atoms with van der Waals surface area (Å²) in [6.45, 7) is 2.31. The maximum absolute atomic E-state index is 5.86. The van der Waals surface area contributed by atoms with Crippen molar-refractivity contribution >= 4 is 23.1 Å². The molecule has 0 bridgehead atoms. The third-order valence-electron chi connectivity index (χ3n) is 3.24. The molecule has 1 aliphatic rings. The molecule has 0 radical (unpaired) electrons. The lowest BCUT2D eigenvalue weighted by Gasteiger charge is -2.27. The van der Waals surface area contributed by atoms with Crippen LogP contribution in [0, 0.1) is 5.92 Å². The Hall–Kier alpha value is -0.960. The van der Waals surface area contributed by atoms with Crippen LogP contribution >= 0.6 is 11.6 Å². The fourth-order valence-electron chi connectivity index (χ4n) is 2.17. The Morgan fingerprint density at radius 2 is 2.06 bits per heavy atom. The van der Waals surface area contributed by atoms with Crippen molar-refractivity contribution in [2.24, 2.45) is 5.92 Å². The number of nitrogens with zero attached hydrogens (tertiary/aromatic N) is 1. The van der Waals surface area contributed by atoms with Crippen LogP contribution in [0.25, 0.3) is 0 Å². The summed E-state index contributed by atoms with van der Waals surface area (Å²) in [7, 11) is 0. The Kier molecular flexibility index (Phi) is 3.54. The highest BCUT2D eigenvalue weighted by Gasteiger charge is 2.18. The van der Waals surface area contributed by atoms with Crippen molar-refractivity contribution in [1.29, 1.82) is 0 Å². The van der Waals surface area contributed by atoms with E-state index in [0.29, 0.717) is 16.8 Å². The smallest absolute Gasteiger partial charge is 0.149 e. The third-order valence-corrected chi connectivity index (χ3v) is 3.45. The Balaban J connectivity index is 1.98. The molecule has 1 fully saturated rings. The summed E-state index contributed by atoms with van der Waals surface area (Å²) in [6.07, 6.45) is 6.60. The van der Waals surface area contributed by atoms with Crippen LogP contribution in [-0.2, 0) is 0 Å². The molecule has 88 valence electrons. The van der Waals surface area contributed by atoms with E-state index in [1.54, 1.807) is 12.3 Å². The van der Waals surface area contributed by atoms with Gasteiger partial charge in [0.05, 0.1) is 10.7 Å². The van der Waals surface area contributed by atoms with Crippen molar-refractivity contribution in [2.45, 2.75) is 38.6 Å². The minimum absolute atomic E-state index is 0.507. The van der Waals surface area contributed by atoms with Crippen molar-refractivity contribution < 1.29 is 0 Å². The summed E-state index contributed by atoms with van der Waals surface area (Å²) in [5.41, 5.74) is 6.49. The summed E-state index contributed by atoms with van der Waals surface area (Å²) in [5, 5.41) is 3.99. The summed E-state index contributed by atoms with van der Waals surface area (Å²) >= 11 is 5.81. The molecule has 0 atom stereocenters. The summed E-state index contributed by atoms with van der Waals surface area (Å²) in [4.78, 5) is 4.22. The average molecular weight is 240 g/mol. The lowest BCUT2D eigenvalue weighted by Crippen LogP contribution is -2.26. The second kappa shape index (κ2) is 4.91. The minimum Gasteiger partial charge on any atom is -0.396 e. The van der Waals surface area contributed by atoms with Gasteiger partial charge in [0, 0.05) is 12.2 Å². The van der Waals surface area contributed by atoms with Crippen LogP contribution < -0.4 is 11.1 Å². The summed E-state index contributed by atoms with van der Waals surface area (Å²) < 4.78 is 0. The first-order valence-electron chi connectivity index (χ1n) is 5.82. The van der Waals surface area contributed by atoms with Crippen molar-refractivity contribution in [1.82, 2.24) is 4.98 Å². The quantitative estimate of drug-likeness (QED) is 0.833. The zero-order chi connectivity index (χ0) is 11.5. The molecular weight excluding hydrogens is 222 g/mol. The molecule has 16 heavy (non-hydrogen) atoms. The van der Waals surface area contributed by atoms with Crippen LogP contribution in [0.15, 0.2) is 12.3 Å². The monoisotopic (exact) mass is 239 g/mol. The largest absolute Gasteiger partial charge is 0.396 e. The predicted octanol–water partition coefficient (Wildman–Crippen LogP) is 3.31. The highest BCUT2D eigenvalue weighted by atomic mass is 35.5. The Morgan fingerprint density at radius 3 is 2.69 bits per heavy atom. The second-order valence-electron chi connectivity index (χ2n) is 4.69. The van der Waals surface area contributed by atoms with Crippen LogP contribution in [-0.4, -0.2) is 11.0 Å². The first kappa shape index (κ1) is 11.5. The van der Waals surface area contributed by atoms with E-state index >= 15 is 0 Å². The molecule has 1 aromatic heterocycles. The number of nitrogens with one attached hydrogen (secondary N) is 1. The Morgan fingerprint density at radius 1 is 1.38 bits per heavy atom. The van der Waals surface area contributed by atoms with E-state index < -0.39 is 0 Å². The van der Waals surface area contributed by atoms with Gasteiger partial charge in [-0.05, 0) is 37.7 Å². The normalized spacial score (nSPS) is 25.4. The van der Waals surface area contributed by atoms with E-state index in [1.807, 2.05) is 0 Å². The van der Waals surface area contributed by atoms with Gasteiger partial charge in [-0.25, -0.2) is 4.98 Å². The van der Waals surface area contributed by atoms with Gasteiger partial charge in [-0.2, -0.15) is 0 Å². The van der Waals surface area contributed by atoms with Crippen molar-refractivity contribution in [3.8, 4) is 0 Å². The molecule has 1 aliphatic carbocycles. The van der Waals surface area contributed by atoms with Crippen LogP contribution in [0.3, 0.4) is 0 Å². The summed E-state index contributed by atoms with van der Waals surface area (Å²) in [5.74, 6) is 1.62. The lowest BCUT2D eigenvalue weighted by atomic mass is 9.87. The molecule has 1 heterocycles. The van der Waals surface area contributed by atoms with E-state index in [2.05, 4.69) is 17.2 Å². The van der Waals surface area contributed by atoms with Crippen LogP contribution in [0.1, 0.15) is 32.6 Å². The van der Waals surface area contributed by atoms with Crippen LogP contribution in [0.2, 0.25) is 5.02 Å². The second-order valence-corrected chi connectivity index (χ2v) is 5.13. The molecular formula is C12H18ClN3. The molecule has 1 saturated carbocycles. The van der Waals surface area contributed by atoms with Gasteiger partial charge in [0.15, 0.2) is 0 Å². The van der Waals surface area contributed by atoms with E-state index in [9.17, 15) is 0 Å². The van der Waals surface area contributed by atoms with Gasteiger partial charge in [0.25, 0.3) is 0 Å². The average Bonchev–Trinajstić information content (AvgIpc) is 2.25. The van der Waals surface area contributed by atoms with Gasteiger partial charge in [-0.1, -0.05) is 18.5 Å². The highest BCUT2D eigenvalue weighted by Crippen LogP contribution is 2.27. The number of anilines is 2. The highest BCUT2D eigenvalue weighted by molar-refractivity contribution is 6.30. The zero-order valence-electron chi connectivity index (χ0n) is 9.54. The van der Waals surface area contributed by atoms with Gasteiger partial charge < -0.3 is 11.1 Å². The maximum atomic E-state index is 5.86. The van der Waals surface area contributed by atoms with E-state index in [0.717, 1.165) is 11.7 Å². The minimum atomic E-state index is 0.507. The molecule has 0 aromatic carbocycles. The number of aromatic nitrogens is 1. The van der Waals surface area contributed by atoms with E-state index in [4.69, 9.17) is 17.3 Å². The molecule has 0 spiro atoms. The Labute approximate surface area is 101 Å². The molecule has 0 saturated heterocycles. The molecule has 1 aromatic rings. The van der Waals surface area contributed by atoms with Crippen molar-refractivity contribution in [2.75, 3.05) is 11.1 Å². The van der Waals surface area contributed by atoms with E-state index in [-0.39, 0.29) is 0 Å². The van der Waals surface area contributed by atoms with Gasteiger partial charge in [0.2, 0.25) is 0 Å². The third kappa shape index (κ3) is 2.79.